The van der Waals surface area contributed by atoms with Crippen LogP contribution in [0.25, 0.3) is 0 Å². The Morgan fingerprint density at radius 2 is 1.10 bits per heavy atom. The Hall–Kier alpha value is 0.150. The average Bonchev–Trinajstić information content (AvgIpc) is 2.19. The molecule has 0 radical (unpaired) electrons. The monoisotopic (exact) mass is 320 g/mol. The van der Waals surface area contributed by atoms with Crippen LogP contribution in [0.5, 0.6) is 0 Å². The van der Waals surface area contributed by atoms with Gasteiger partial charge in [-0.3, -0.25) is 4.57 Å². The third-order valence-electron chi connectivity index (χ3n) is 3.11. The van der Waals surface area contributed by atoms with E-state index < -0.39 is 7.60 Å². The van der Waals surface area contributed by atoms with Crippen LogP contribution in [0, 0.1) is 22.7 Å². The van der Waals surface area contributed by atoms with Crippen molar-refractivity contribution >= 4 is 7.60 Å². The molecule has 0 spiro atoms. The number of hydrogen-bond donors (Lipinski definition) is 0. The lowest BCUT2D eigenvalue weighted by molar-refractivity contribution is 0.144. The zero-order valence-electron chi connectivity index (χ0n) is 15.7. The first-order valence-corrected chi connectivity index (χ1v) is 10.1. The zero-order valence-corrected chi connectivity index (χ0v) is 16.5. The minimum Gasteiger partial charge on any atom is -0.308 e. The van der Waals surface area contributed by atoms with E-state index in [0.717, 1.165) is 12.8 Å². The molecule has 4 heteroatoms. The van der Waals surface area contributed by atoms with Crippen molar-refractivity contribution in [3.63, 3.8) is 0 Å². The molecule has 0 heterocycles. The Morgan fingerprint density at radius 3 is 1.33 bits per heavy atom. The lowest BCUT2D eigenvalue weighted by Crippen LogP contribution is -2.17. The predicted molar refractivity (Wildman–Crippen MR) is 91.9 cm³/mol. The summed E-state index contributed by atoms with van der Waals surface area (Å²) in [4.78, 5) is 0. The molecule has 0 aliphatic rings. The van der Waals surface area contributed by atoms with Crippen molar-refractivity contribution in [1.29, 1.82) is 0 Å². The highest BCUT2D eigenvalue weighted by atomic mass is 31.2. The van der Waals surface area contributed by atoms with E-state index in [9.17, 15) is 4.57 Å². The van der Waals surface area contributed by atoms with Crippen LogP contribution in [0.1, 0.15) is 68.2 Å². The lowest BCUT2D eigenvalue weighted by Gasteiger charge is -2.26. The fourth-order valence-electron chi connectivity index (χ4n) is 2.77. The normalized spacial score (nSPS) is 19.1. The third kappa shape index (κ3) is 13.5. The van der Waals surface area contributed by atoms with Crippen LogP contribution in [0.3, 0.4) is 0 Å². The predicted octanol–water partition coefficient (Wildman–Crippen LogP) is 5.99. The largest absolute Gasteiger partial charge is 0.327 e. The maximum Gasteiger partial charge on any atom is 0.327 e. The molecule has 0 rings (SSSR count). The Kier molecular flexibility index (Phi) is 8.19. The summed E-state index contributed by atoms with van der Waals surface area (Å²) in [5.41, 5.74) is 0.533. The van der Waals surface area contributed by atoms with Crippen molar-refractivity contribution in [2.45, 2.75) is 68.2 Å². The molecule has 0 N–H and O–H groups in total. The van der Waals surface area contributed by atoms with Crippen LogP contribution < -0.4 is 0 Å². The SMILES string of the molecule is CC(COP(C)(=O)OCC(C)CC(C)(C)C)CC(C)(C)C. The summed E-state index contributed by atoms with van der Waals surface area (Å²) in [5.74, 6) is 0.766. The second kappa shape index (κ2) is 8.13. The Bertz CT molecular complexity index is 309. The highest BCUT2D eigenvalue weighted by Gasteiger charge is 2.23. The quantitative estimate of drug-likeness (QED) is 0.515. The maximum atomic E-state index is 12.3. The molecular formula is C17H37O3P. The minimum atomic E-state index is -2.93. The van der Waals surface area contributed by atoms with Gasteiger partial charge in [-0.25, -0.2) is 0 Å². The van der Waals surface area contributed by atoms with Gasteiger partial charge >= 0.3 is 7.60 Å². The molecular weight excluding hydrogens is 283 g/mol. The van der Waals surface area contributed by atoms with Crippen LogP contribution in [-0.4, -0.2) is 19.9 Å². The second-order valence-corrected chi connectivity index (χ2v) is 11.2. The van der Waals surface area contributed by atoms with Crippen LogP contribution in [-0.2, 0) is 13.6 Å². The van der Waals surface area contributed by atoms with Gasteiger partial charge in [0.05, 0.1) is 13.2 Å². The van der Waals surface area contributed by atoms with Gasteiger partial charge in [0, 0.05) is 6.66 Å². The molecule has 21 heavy (non-hydrogen) atoms. The molecule has 0 aromatic heterocycles. The van der Waals surface area contributed by atoms with E-state index in [1.807, 2.05) is 0 Å². The molecule has 0 bridgehead atoms. The van der Waals surface area contributed by atoms with Crippen molar-refractivity contribution in [2.75, 3.05) is 19.9 Å². The van der Waals surface area contributed by atoms with Crippen molar-refractivity contribution in [3.8, 4) is 0 Å². The summed E-state index contributed by atoms with van der Waals surface area (Å²) in [7, 11) is -2.93. The molecule has 0 aliphatic carbocycles. The average molecular weight is 320 g/mol. The Balaban J connectivity index is 4.12. The molecule has 0 saturated heterocycles. The summed E-state index contributed by atoms with van der Waals surface area (Å²) < 4.78 is 23.4. The molecule has 0 fully saturated rings. The van der Waals surface area contributed by atoms with Crippen LogP contribution in [0.4, 0.5) is 0 Å². The molecule has 0 aromatic carbocycles. The van der Waals surface area contributed by atoms with E-state index in [1.54, 1.807) is 6.66 Å². The summed E-state index contributed by atoms with van der Waals surface area (Å²) in [6.07, 6.45) is 2.10. The fraction of sp³-hybridized carbons (Fsp3) is 1.00. The fourth-order valence-corrected chi connectivity index (χ4v) is 3.90. The van der Waals surface area contributed by atoms with Gasteiger partial charge in [-0.05, 0) is 35.5 Å². The van der Waals surface area contributed by atoms with Gasteiger partial charge in [0.25, 0.3) is 0 Å². The molecule has 0 amide bonds. The molecule has 2 atom stereocenters. The minimum absolute atomic E-state index is 0.266. The highest BCUT2D eigenvalue weighted by molar-refractivity contribution is 7.52. The first-order chi connectivity index (χ1) is 9.20. The van der Waals surface area contributed by atoms with Crippen LogP contribution >= 0.6 is 7.60 Å². The molecule has 0 aromatic rings. The molecule has 3 nitrogen and oxygen atoms in total. The third-order valence-corrected chi connectivity index (χ3v) is 4.34. The molecule has 0 aliphatic heterocycles. The van der Waals surface area contributed by atoms with E-state index in [4.69, 9.17) is 9.05 Å². The lowest BCUT2D eigenvalue weighted by atomic mass is 9.86. The van der Waals surface area contributed by atoms with Gasteiger partial charge in [0.2, 0.25) is 0 Å². The topological polar surface area (TPSA) is 35.5 Å². The van der Waals surface area contributed by atoms with Crippen LogP contribution in [0.2, 0.25) is 0 Å². The van der Waals surface area contributed by atoms with E-state index >= 15 is 0 Å². The van der Waals surface area contributed by atoms with E-state index in [0.29, 0.717) is 25.0 Å². The van der Waals surface area contributed by atoms with Crippen molar-refractivity contribution in [1.82, 2.24) is 0 Å². The first-order valence-electron chi connectivity index (χ1n) is 8.07. The summed E-state index contributed by atoms with van der Waals surface area (Å²) in [6.45, 7) is 20.1. The highest BCUT2D eigenvalue weighted by Crippen LogP contribution is 2.45. The van der Waals surface area contributed by atoms with Crippen molar-refractivity contribution in [3.05, 3.63) is 0 Å². The first kappa shape index (κ1) is 21.1. The van der Waals surface area contributed by atoms with Gasteiger partial charge < -0.3 is 9.05 Å². The van der Waals surface area contributed by atoms with E-state index in [1.165, 1.54) is 0 Å². The Morgan fingerprint density at radius 1 is 0.810 bits per heavy atom. The molecule has 0 saturated carbocycles. The van der Waals surface area contributed by atoms with Gasteiger partial charge in [-0.2, -0.15) is 0 Å². The van der Waals surface area contributed by atoms with Gasteiger partial charge in [0.15, 0.2) is 0 Å². The van der Waals surface area contributed by atoms with Gasteiger partial charge in [-0.1, -0.05) is 55.4 Å². The smallest absolute Gasteiger partial charge is 0.308 e. The van der Waals surface area contributed by atoms with E-state index in [-0.39, 0.29) is 10.8 Å². The van der Waals surface area contributed by atoms with Crippen LogP contribution in [0.15, 0.2) is 0 Å². The maximum absolute atomic E-state index is 12.3. The summed E-state index contributed by atoms with van der Waals surface area (Å²) in [5, 5.41) is 0. The standard InChI is InChI=1S/C17H37O3P/c1-14(10-16(3,4)5)12-19-21(9,18)20-13-15(2)11-17(6,7)8/h14-15H,10-13H2,1-9H3. The van der Waals surface area contributed by atoms with Gasteiger partial charge in [-0.15, -0.1) is 0 Å². The van der Waals surface area contributed by atoms with Gasteiger partial charge in [0.1, 0.15) is 0 Å². The Labute approximate surface area is 132 Å². The summed E-state index contributed by atoms with van der Waals surface area (Å²) in [6, 6.07) is 0. The van der Waals surface area contributed by atoms with Crippen molar-refractivity contribution in [2.24, 2.45) is 22.7 Å². The van der Waals surface area contributed by atoms with E-state index in [2.05, 4.69) is 55.4 Å². The van der Waals surface area contributed by atoms with Crippen molar-refractivity contribution < 1.29 is 13.6 Å². The zero-order chi connectivity index (χ0) is 16.9. The number of rotatable bonds is 8. The molecule has 2 unspecified atom stereocenters. The molecule has 128 valence electrons. The second-order valence-electron chi connectivity index (χ2n) is 9.10. The summed E-state index contributed by atoms with van der Waals surface area (Å²) >= 11 is 0. The number of hydrogen-bond acceptors (Lipinski definition) is 3.